The van der Waals surface area contributed by atoms with E-state index in [1.54, 1.807) is 0 Å². The van der Waals surface area contributed by atoms with Crippen LogP contribution < -0.4 is 0 Å². The Kier molecular flexibility index (Phi) is 12.4. The van der Waals surface area contributed by atoms with Crippen molar-refractivity contribution in [3.05, 3.63) is 0 Å². The van der Waals surface area contributed by atoms with Crippen molar-refractivity contribution in [3.8, 4) is 0 Å². The van der Waals surface area contributed by atoms with E-state index in [9.17, 15) is 0 Å². The Bertz CT molecular complexity index is 154. The fourth-order valence-electron chi connectivity index (χ4n) is 2.12. The van der Waals surface area contributed by atoms with Gasteiger partial charge in [0.15, 0.2) is 0 Å². The topological polar surface area (TPSA) is 9.72 Å². The van der Waals surface area contributed by atoms with Crippen LogP contribution in [0.3, 0.4) is 0 Å². The summed E-state index contributed by atoms with van der Waals surface area (Å²) in [6, 6.07) is 0. The molecule has 18 heavy (non-hydrogen) atoms. The molecule has 0 aromatic rings. The van der Waals surface area contributed by atoms with Crippen molar-refractivity contribution >= 4 is 12.6 Å². The van der Waals surface area contributed by atoms with Crippen LogP contribution in [-0.4, -0.2) is 79.4 Å². The molecule has 0 amide bonds. The van der Waals surface area contributed by atoms with E-state index in [0.29, 0.717) is 0 Å². The highest BCUT2D eigenvalue weighted by Gasteiger charge is 2.08. The number of rotatable bonds is 12. The Morgan fingerprint density at radius 2 is 0.889 bits per heavy atom. The first-order valence-corrected chi connectivity index (χ1v) is 8.12. The van der Waals surface area contributed by atoms with Gasteiger partial charge < -0.3 is 9.80 Å². The van der Waals surface area contributed by atoms with E-state index in [2.05, 4.69) is 55.0 Å². The minimum Gasteiger partial charge on any atom is -0.303 e. The van der Waals surface area contributed by atoms with Gasteiger partial charge in [-0.1, -0.05) is 27.7 Å². The molecule has 4 heteroatoms. The Morgan fingerprint density at radius 1 is 0.556 bits per heavy atom. The van der Waals surface area contributed by atoms with Crippen LogP contribution >= 0.6 is 12.6 Å². The van der Waals surface area contributed by atoms with Crippen LogP contribution in [0.4, 0.5) is 0 Å². The van der Waals surface area contributed by atoms with Crippen LogP contribution in [0.5, 0.6) is 0 Å². The molecule has 0 aliphatic carbocycles. The number of thiol groups is 1. The van der Waals surface area contributed by atoms with Gasteiger partial charge in [-0.3, -0.25) is 4.90 Å². The van der Waals surface area contributed by atoms with E-state index in [-0.39, 0.29) is 0 Å². The van der Waals surface area contributed by atoms with Crippen LogP contribution in [0.25, 0.3) is 0 Å². The third-order valence-electron chi connectivity index (χ3n) is 3.67. The largest absolute Gasteiger partial charge is 0.303 e. The number of likely N-dealkylation sites (N-methyl/N-ethyl adjacent to an activating group) is 2. The Morgan fingerprint density at radius 3 is 1.17 bits per heavy atom. The lowest BCUT2D eigenvalue weighted by Crippen LogP contribution is -2.40. The molecule has 0 saturated carbocycles. The molecule has 0 fully saturated rings. The van der Waals surface area contributed by atoms with Gasteiger partial charge in [-0.2, -0.15) is 12.6 Å². The summed E-state index contributed by atoms with van der Waals surface area (Å²) in [7, 11) is 0. The predicted molar refractivity (Wildman–Crippen MR) is 85.9 cm³/mol. The maximum atomic E-state index is 4.37. The summed E-state index contributed by atoms with van der Waals surface area (Å²) in [6.45, 7) is 19.4. The summed E-state index contributed by atoms with van der Waals surface area (Å²) >= 11 is 4.37. The lowest BCUT2D eigenvalue weighted by molar-refractivity contribution is 0.193. The molecule has 0 aliphatic rings. The summed E-state index contributed by atoms with van der Waals surface area (Å²) < 4.78 is 0. The van der Waals surface area contributed by atoms with E-state index in [1.807, 2.05) is 0 Å². The molecule has 0 saturated heterocycles. The molecule has 0 radical (unpaired) electrons. The summed E-state index contributed by atoms with van der Waals surface area (Å²) in [4.78, 5) is 7.52. The van der Waals surface area contributed by atoms with Crippen molar-refractivity contribution in [1.82, 2.24) is 14.7 Å². The van der Waals surface area contributed by atoms with Crippen LogP contribution in [0, 0.1) is 0 Å². The van der Waals surface area contributed by atoms with E-state index in [4.69, 9.17) is 0 Å². The number of nitrogens with zero attached hydrogens (tertiary/aromatic N) is 3. The second-order valence-corrected chi connectivity index (χ2v) is 5.07. The average molecular weight is 276 g/mol. The lowest BCUT2D eigenvalue weighted by Gasteiger charge is -2.28. The van der Waals surface area contributed by atoms with Gasteiger partial charge in [0, 0.05) is 38.5 Å². The molecule has 0 atom stereocenters. The third kappa shape index (κ3) is 8.35. The first-order chi connectivity index (χ1) is 8.71. The van der Waals surface area contributed by atoms with Gasteiger partial charge in [-0.15, -0.1) is 0 Å². The van der Waals surface area contributed by atoms with E-state index >= 15 is 0 Å². The van der Waals surface area contributed by atoms with E-state index in [0.717, 1.165) is 38.5 Å². The summed E-state index contributed by atoms with van der Waals surface area (Å²) in [6.07, 6.45) is 0. The minimum atomic E-state index is 0.955. The first-order valence-electron chi connectivity index (χ1n) is 7.49. The zero-order valence-electron chi connectivity index (χ0n) is 12.9. The van der Waals surface area contributed by atoms with Crippen molar-refractivity contribution in [1.29, 1.82) is 0 Å². The highest BCUT2D eigenvalue weighted by molar-refractivity contribution is 7.80. The normalized spacial score (nSPS) is 12.0. The van der Waals surface area contributed by atoms with Gasteiger partial charge in [0.2, 0.25) is 0 Å². The molecular formula is C14H33N3S. The van der Waals surface area contributed by atoms with Crippen LogP contribution in [0.15, 0.2) is 0 Å². The quantitative estimate of drug-likeness (QED) is 0.545. The van der Waals surface area contributed by atoms with Crippen molar-refractivity contribution in [2.24, 2.45) is 0 Å². The third-order valence-corrected chi connectivity index (χ3v) is 3.87. The molecule has 0 aromatic carbocycles. The van der Waals surface area contributed by atoms with E-state index < -0.39 is 0 Å². The standard InChI is InChI=1S/C14H33N3S/c1-5-15(6-2)9-11-17(13-14-18)12-10-16(7-3)8-4/h18H,5-14H2,1-4H3. The Balaban J connectivity index is 3.97. The van der Waals surface area contributed by atoms with Crippen molar-refractivity contribution < 1.29 is 0 Å². The van der Waals surface area contributed by atoms with Gasteiger partial charge in [0.05, 0.1) is 0 Å². The smallest absolute Gasteiger partial charge is 0.0110 e. The van der Waals surface area contributed by atoms with Gasteiger partial charge in [-0.25, -0.2) is 0 Å². The fourth-order valence-corrected chi connectivity index (χ4v) is 2.41. The fraction of sp³-hybridized carbons (Fsp3) is 1.00. The zero-order valence-corrected chi connectivity index (χ0v) is 13.8. The van der Waals surface area contributed by atoms with Crippen molar-refractivity contribution in [2.75, 3.05) is 64.7 Å². The second kappa shape index (κ2) is 12.3. The average Bonchev–Trinajstić information content (AvgIpc) is 2.40. The molecule has 0 unspecified atom stereocenters. The van der Waals surface area contributed by atoms with Crippen LogP contribution in [0.1, 0.15) is 27.7 Å². The molecule has 3 nitrogen and oxygen atoms in total. The zero-order chi connectivity index (χ0) is 13.8. The van der Waals surface area contributed by atoms with E-state index in [1.165, 1.54) is 26.2 Å². The van der Waals surface area contributed by atoms with Gasteiger partial charge >= 0.3 is 0 Å². The molecular weight excluding hydrogens is 242 g/mol. The number of hydrogen-bond acceptors (Lipinski definition) is 4. The molecule has 0 heterocycles. The van der Waals surface area contributed by atoms with Gasteiger partial charge in [0.25, 0.3) is 0 Å². The monoisotopic (exact) mass is 275 g/mol. The highest BCUT2D eigenvalue weighted by atomic mass is 32.1. The first kappa shape index (κ1) is 18.2. The van der Waals surface area contributed by atoms with Crippen molar-refractivity contribution in [2.45, 2.75) is 27.7 Å². The molecule has 0 rings (SSSR count). The second-order valence-electron chi connectivity index (χ2n) is 4.62. The maximum Gasteiger partial charge on any atom is 0.0110 e. The summed E-state index contributed by atoms with van der Waals surface area (Å²) in [5.74, 6) is 0.955. The Labute approximate surface area is 120 Å². The summed E-state index contributed by atoms with van der Waals surface area (Å²) in [5, 5.41) is 0. The van der Waals surface area contributed by atoms with Gasteiger partial charge in [0.1, 0.15) is 0 Å². The summed E-state index contributed by atoms with van der Waals surface area (Å²) in [5.41, 5.74) is 0. The lowest BCUT2D eigenvalue weighted by atomic mass is 10.4. The SMILES string of the molecule is CCN(CC)CCN(CCS)CCN(CC)CC. The van der Waals surface area contributed by atoms with Crippen molar-refractivity contribution in [3.63, 3.8) is 0 Å². The van der Waals surface area contributed by atoms with Crippen LogP contribution in [-0.2, 0) is 0 Å². The molecule has 0 aromatic heterocycles. The molecule has 0 spiro atoms. The predicted octanol–water partition coefficient (Wildman–Crippen LogP) is 1.90. The maximum absolute atomic E-state index is 4.37. The molecule has 0 bridgehead atoms. The Hall–Kier alpha value is 0.230. The minimum absolute atomic E-state index is 0.955. The molecule has 110 valence electrons. The van der Waals surface area contributed by atoms with Gasteiger partial charge in [-0.05, 0) is 26.2 Å². The van der Waals surface area contributed by atoms with Crippen LogP contribution in [0.2, 0.25) is 0 Å². The highest BCUT2D eigenvalue weighted by Crippen LogP contribution is 1.96. The molecule has 0 aliphatic heterocycles. The number of hydrogen-bond donors (Lipinski definition) is 1. The molecule has 0 N–H and O–H groups in total.